The van der Waals surface area contributed by atoms with Crippen LogP contribution < -0.4 is 5.32 Å². The number of anilines is 1. The molecular formula is C15H24ClN3. The Labute approximate surface area is 121 Å². The molecule has 0 aliphatic heterocycles. The van der Waals surface area contributed by atoms with Crippen LogP contribution in [0.25, 0.3) is 0 Å². The van der Waals surface area contributed by atoms with E-state index in [1.807, 2.05) is 6.07 Å². The van der Waals surface area contributed by atoms with E-state index in [1.54, 1.807) is 0 Å². The second-order valence-corrected chi connectivity index (χ2v) is 6.04. The van der Waals surface area contributed by atoms with Gasteiger partial charge in [0.2, 0.25) is 0 Å². The van der Waals surface area contributed by atoms with Crippen LogP contribution in [0.4, 0.5) is 5.82 Å². The van der Waals surface area contributed by atoms with Crippen molar-refractivity contribution in [3.8, 4) is 0 Å². The quantitative estimate of drug-likeness (QED) is 0.782. The van der Waals surface area contributed by atoms with E-state index < -0.39 is 0 Å². The van der Waals surface area contributed by atoms with Crippen LogP contribution in [0.2, 0.25) is 5.15 Å². The average Bonchev–Trinajstić information content (AvgIpc) is 2.86. The van der Waals surface area contributed by atoms with E-state index in [9.17, 15) is 0 Å². The number of nitrogens with zero attached hydrogens (tertiary/aromatic N) is 2. The van der Waals surface area contributed by atoms with Gasteiger partial charge in [-0.05, 0) is 31.1 Å². The van der Waals surface area contributed by atoms with E-state index in [1.165, 1.54) is 32.1 Å². The first-order valence-electron chi connectivity index (χ1n) is 7.45. The molecule has 0 spiro atoms. The first kappa shape index (κ1) is 14.6. The Kier molecular flexibility index (Phi) is 5.03. The van der Waals surface area contributed by atoms with Gasteiger partial charge >= 0.3 is 0 Å². The minimum Gasteiger partial charge on any atom is -0.369 e. The summed E-state index contributed by atoms with van der Waals surface area (Å²) in [5.41, 5.74) is 0.461. The van der Waals surface area contributed by atoms with Crippen LogP contribution in [-0.4, -0.2) is 16.5 Å². The molecule has 3 nitrogen and oxygen atoms in total. The van der Waals surface area contributed by atoms with Gasteiger partial charge in [-0.15, -0.1) is 0 Å². The van der Waals surface area contributed by atoms with Crippen molar-refractivity contribution in [3.05, 3.63) is 17.0 Å². The Hall–Kier alpha value is -0.830. The summed E-state index contributed by atoms with van der Waals surface area (Å²) in [4.78, 5) is 8.80. The van der Waals surface area contributed by atoms with Crippen LogP contribution in [-0.2, 0) is 6.42 Å². The lowest BCUT2D eigenvalue weighted by atomic mass is 9.83. The normalized spacial score (nSPS) is 17.6. The monoisotopic (exact) mass is 281 g/mol. The smallest absolute Gasteiger partial charge is 0.134 e. The Balaban J connectivity index is 2.02. The number of hydrogen-bond acceptors (Lipinski definition) is 3. The zero-order chi connectivity index (χ0) is 13.7. The van der Waals surface area contributed by atoms with Crippen molar-refractivity contribution in [1.82, 2.24) is 9.97 Å². The minimum absolute atomic E-state index is 0.461. The maximum absolute atomic E-state index is 6.06. The van der Waals surface area contributed by atoms with Gasteiger partial charge in [-0.2, -0.15) is 0 Å². The molecule has 0 unspecified atom stereocenters. The molecule has 1 aromatic heterocycles. The summed E-state index contributed by atoms with van der Waals surface area (Å²) >= 11 is 6.06. The second-order valence-electron chi connectivity index (χ2n) is 5.66. The van der Waals surface area contributed by atoms with Crippen molar-refractivity contribution in [3.63, 3.8) is 0 Å². The van der Waals surface area contributed by atoms with Gasteiger partial charge in [-0.25, -0.2) is 9.97 Å². The maximum Gasteiger partial charge on any atom is 0.134 e. The lowest BCUT2D eigenvalue weighted by Gasteiger charge is -2.28. The van der Waals surface area contributed by atoms with Crippen LogP contribution in [0.3, 0.4) is 0 Å². The highest BCUT2D eigenvalue weighted by atomic mass is 35.5. The maximum atomic E-state index is 6.06. The van der Waals surface area contributed by atoms with Gasteiger partial charge in [-0.3, -0.25) is 0 Å². The molecule has 1 aliphatic rings. The molecule has 0 saturated heterocycles. The summed E-state index contributed by atoms with van der Waals surface area (Å²) in [7, 11) is 0. The number of nitrogens with one attached hydrogen (secondary N) is 1. The average molecular weight is 282 g/mol. The molecule has 2 rings (SSSR count). The van der Waals surface area contributed by atoms with E-state index >= 15 is 0 Å². The van der Waals surface area contributed by atoms with E-state index in [4.69, 9.17) is 11.6 Å². The fourth-order valence-electron chi connectivity index (χ4n) is 2.95. The molecule has 19 heavy (non-hydrogen) atoms. The van der Waals surface area contributed by atoms with E-state index in [0.717, 1.165) is 31.0 Å². The molecule has 1 saturated carbocycles. The third-order valence-corrected chi connectivity index (χ3v) is 4.47. The number of hydrogen-bond donors (Lipinski definition) is 1. The third kappa shape index (κ3) is 3.82. The Morgan fingerprint density at radius 3 is 2.63 bits per heavy atom. The molecule has 1 fully saturated rings. The fourth-order valence-corrected chi connectivity index (χ4v) is 3.15. The summed E-state index contributed by atoms with van der Waals surface area (Å²) in [5, 5.41) is 4.02. The molecule has 0 bridgehead atoms. The molecule has 0 amide bonds. The highest BCUT2D eigenvalue weighted by Crippen LogP contribution is 2.40. The third-order valence-electron chi connectivity index (χ3n) is 4.27. The zero-order valence-electron chi connectivity index (χ0n) is 12.0. The summed E-state index contributed by atoms with van der Waals surface area (Å²) in [6.07, 6.45) is 8.55. The first-order chi connectivity index (χ1) is 9.17. The van der Waals surface area contributed by atoms with Gasteiger partial charge in [0, 0.05) is 19.0 Å². The molecule has 1 N–H and O–H groups in total. The largest absolute Gasteiger partial charge is 0.369 e. The van der Waals surface area contributed by atoms with E-state index in [-0.39, 0.29) is 0 Å². The van der Waals surface area contributed by atoms with Crippen LogP contribution in [0.15, 0.2) is 6.07 Å². The van der Waals surface area contributed by atoms with Crippen molar-refractivity contribution in [2.45, 2.75) is 58.8 Å². The van der Waals surface area contributed by atoms with Crippen LogP contribution >= 0.6 is 11.6 Å². The van der Waals surface area contributed by atoms with Crippen molar-refractivity contribution < 1.29 is 0 Å². The highest BCUT2D eigenvalue weighted by molar-refractivity contribution is 6.29. The molecule has 0 radical (unpaired) electrons. The lowest BCUT2D eigenvalue weighted by Crippen LogP contribution is -2.26. The van der Waals surface area contributed by atoms with E-state index in [0.29, 0.717) is 10.6 Å². The van der Waals surface area contributed by atoms with E-state index in [2.05, 4.69) is 29.1 Å². The van der Waals surface area contributed by atoms with Crippen molar-refractivity contribution in [2.24, 2.45) is 5.41 Å². The molecule has 0 aromatic carbocycles. The van der Waals surface area contributed by atoms with Gasteiger partial charge < -0.3 is 5.32 Å². The second kappa shape index (κ2) is 6.56. The molecule has 106 valence electrons. The van der Waals surface area contributed by atoms with Gasteiger partial charge in [0.1, 0.15) is 16.8 Å². The van der Waals surface area contributed by atoms with Crippen molar-refractivity contribution >= 4 is 17.4 Å². The Bertz CT molecular complexity index is 414. The van der Waals surface area contributed by atoms with Crippen LogP contribution in [0.5, 0.6) is 0 Å². The molecule has 1 heterocycles. The van der Waals surface area contributed by atoms with Gasteiger partial charge in [0.25, 0.3) is 0 Å². The number of halogens is 1. The van der Waals surface area contributed by atoms with Crippen LogP contribution in [0.1, 0.15) is 58.2 Å². The molecule has 1 aromatic rings. The van der Waals surface area contributed by atoms with Crippen molar-refractivity contribution in [2.75, 3.05) is 11.9 Å². The molecular weight excluding hydrogens is 258 g/mol. The zero-order valence-corrected chi connectivity index (χ0v) is 12.8. The Morgan fingerprint density at radius 1 is 1.26 bits per heavy atom. The number of rotatable bonds is 6. The highest BCUT2D eigenvalue weighted by Gasteiger charge is 2.31. The molecule has 4 heteroatoms. The van der Waals surface area contributed by atoms with Crippen molar-refractivity contribution in [1.29, 1.82) is 0 Å². The SMILES string of the molecule is CCCc1nc(Cl)cc(NCC2(CC)CCCC2)n1. The Morgan fingerprint density at radius 2 is 2.00 bits per heavy atom. The molecule has 0 atom stereocenters. The predicted octanol–water partition coefficient (Wildman–Crippen LogP) is 4.46. The summed E-state index contributed by atoms with van der Waals surface area (Å²) in [5.74, 6) is 1.72. The van der Waals surface area contributed by atoms with Gasteiger partial charge in [-0.1, -0.05) is 38.3 Å². The summed E-state index contributed by atoms with van der Waals surface area (Å²) < 4.78 is 0. The van der Waals surface area contributed by atoms with Gasteiger partial charge in [0.15, 0.2) is 0 Å². The minimum atomic E-state index is 0.461. The fraction of sp³-hybridized carbons (Fsp3) is 0.733. The predicted molar refractivity (Wildman–Crippen MR) is 80.7 cm³/mol. The summed E-state index contributed by atoms with van der Waals surface area (Å²) in [6, 6.07) is 1.83. The lowest BCUT2D eigenvalue weighted by molar-refractivity contribution is 0.306. The summed E-state index contributed by atoms with van der Waals surface area (Å²) in [6.45, 7) is 5.42. The molecule has 1 aliphatic carbocycles. The van der Waals surface area contributed by atoms with Gasteiger partial charge in [0.05, 0.1) is 0 Å². The van der Waals surface area contributed by atoms with Crippen LogP contribution in [0, 0.1) is 5.41 Å². The number of aryl methyl sites for hydroxylation is 1. The topological polar surface area (TPSA) is 37.8 Å². The number of aromatic nitrogens is 2. The first-order valence-corrected chi connectivity index (χ1v) is 7.82. The standard InChI is InChI=1S/C15H24ClN3/c1-3-7-13-18-12(16)10-14(19-13)17-11-15(4-2)8-5-6-9-15/h10H,3-9,11H2,1-2H3,(H,17,18,19).